The summed E-state index contributed by atoms with van der Waals surface area (Å²) < 4.78 is 33.5. The van der Waals surface area contributed by atoms with E-state index >= 15 is 0 Å². The number of carbonyl (C=O) groups excluding carboxylic acids is 2. The van der Waals surface area contributed by atoms with Gasteiger partial charge < -0.3 is 15.2 Å². The van der Waals surface area contributed by atoms with E-state index in [0.717, 1.165) is 0 Å². The summed E-state index contributed by atoms with van der Waals surface area (Å²) in [5.74, 6) is -1.02. The van der Waals surface area contributed by atoms with Crippen molar-refractivity contribution in [3.05, 3.63) is 29.6 Å². The number of halogens is 2. The minimum absolute atomic E-state index is 0.0853. The quantitative estimate of drug-likeness (QED) is 0.854. The molecule has 0 radical (unpaired) electrons. The Labute approximate surface area is 150 Å². The van der Waals surface area contributed by atoms with Gasteiger partial charge in [-0.3, -0.25) is 9.69 Å². The molecule has 2 N–H and O–H groups in total. The summed E-state index contributed by atoms with van der Waals surface area (Å²) in [6.45, 7) is 1.77. The molecule has 142 valence electrons. The van der Waals surface area contributed by atoms with Gasteiger partial charge in [0.1, 0.15) is 18.1 Å². The monoisotopic (exact) mass is 368 g/mol. The van der Waals surface area contributed by atoms with Crippen molar-refractivity contribution < 1.29 is 28.2 Å². The average Bonchev–Trinajstić information content (AvgIpc) is 2.96. The van der Waals surface area contributed by atoms with Crippen LogP contribution in [0.3, 0.4) is 0 Å². The molecule has 1 saturated carbocycles. The van der Waals surface area contributed by atoms with Crippen molar-refractivity contribution in [3.63, 3.8) is 0 Å². The molecule has 1 saturated heterocycles. The second-order valence-corrected chi connectivity index (χ2v) is 6.85. The van der Waals surface area contributed by atoms with Crippen molar-refractivity contribution in [3.8, 4) is 0 Å². The number of cyclic esters (lactones) is 1. The predicted molar refractivity (Wildman–Crippen MR) is 90.2 cm³/mol. The Balaban J connectivity index is 1.69. The number of benzene rings is 1. The smallest absolute Gasteiger partial charge is 0.414 e. The number of aliphatic hydroxyl groups excluding tert-OH is 1. The fourth-order valence-electron chi connectivity index (χ4n) is 3.49. The van der Waals surface area contributed by atoms with Gasteiger partial charge in [-0.2, -0.15) is 0 Å². The molecule has 2 amide bonds. The number of hydrogen-bond acceptors (Lipinski definition) is 4. The molecule has 3 unspecified atom stereocenters. The van der Waals surface area contributed by atoms with E-state index in [9.17, 15) is 23.5 Å². The van der Waals surface area contributed by atoms with E-state index in [-0.39, 0.29) is 31.3 Å². The molecule has 8 heteroatoms. The minimum atomic E-state index is -1.35. The standard InChI is InChI=1S/C18H22F2N2O4/c1-10(23)21-8-13-9-22(18(25)26-13)12-3-4-14(15(19)7-12)11-2-5-17(24)16(20)6-11/h3-4,7,11,13,16-17,24H,2,5-6,8-9H2,1H3,(H,21,23)/t11?,13-,16?,17?/m0/s1. The lowest BCUT2D eigenvalue weighted by atomic mass is 9.81. The predicted octanol–water partition coefficient (Wildman–Crippen LogP) is 2.25. The summed E-state index contributed by atoms with van der Waals surface area (Å²) in [7, 11) is 0. The summed E-state index contributed by atoms with van der Waals surface area (Å²) >= 11 is 0. The van der Waals surface area contributed by atoms with Gasteiger partial charge in [0, 0.05) is 6.92 Å². The van der Waals surface area contributed by atoms with Crippen molar-refractivity contribution in [1.29, 1.82) is 0 Å². The number of aliphatic hydroxyl groups is 1. The van der Waals surface area contributed by atoms with Gasteiger partial charge in [-0.05, 0) is 42.9 Å². The molecule has 1 aliphatic heterocycles. The van der Waals surface area contributed by atoms with Crippen LogP contribution in [0.5, 0.6) is 0 Å². The summed E-state index contributed by atoms with van der Waals surface area (Å²) in [6.07, 6.45) is -2.52. The molecule has 1 aromatic rings. The van der Waals surface area contributed by atoms with Crippen molar-refractivity contribution in [1.82, 2.24) is 5.32 Å². The van der Waals surface area contributed by atoms with Gasteiger partial charge in [0.25, 0.3) is 0 Å². The summed E-state index contributed by atoms with van der Waals surface area (Å²) in [5, 5.41) is 12.1. The van der Waals surface area contributed by atoms with Gasteiger partial charge in [-0.1, -0.05) is 6.07 Å². The van der Waals surface area contributed by atoms with Crippen LogP contribution < -0.4 is 10.2 Å². The van der Waals surface area contributed by atoms with Crippen molar-refractivity contribution in [2.75, 3.05) is 18.0 Å². The van der Waals surface area contributed by atoms with Gasteiger partial charge in [-0.15, -0.1) is 0 Å². The molecule has 0 spiro atoms. The Morgan fingerprint density at radius 3 is 2.85 bits per heavy atom. The first kappa shape index (κ1) is 18.6. The SMILES string of the molecule is CC(=O)NC[C@H]1CN(c2ccc(C3CCC(O)C(F)C3)c(F)c2)C(=O)O1. The molecule has 1 heterocycles. The maximum atomic E-state index is 14.6. The Morgan fingerprint density at radius 2 is 2.19 bits per heavy atom. The Morgan fingerprint density at radius 1 is 1.42 bits per heavy atom. The molecular weight excluding hydrogens is 346 g/mol. The summed E-state index contributed by atoms with van der Waals surface area (Å²) in [4.78, 5) is 24.3. The Hall–Kier alpha value is -2.22. The zero-order valence-corrected chi connectivity index (χ0v) is 14.5. The molecule has 0 aromatic heterocycles. The molecule has 2 aliphatic rings. The van der Waals surface area contributed by atoms with E-state index in [2.05, 4.69) is 5.32 Å². The second-order valence-electron chi connectivity index (χ2n) is 6.85. The lowest BCUT2D eigenvalue weighted by Crippen LogP contribution is -2.33. The second kappa shape index (κ2) is 7.57. The van der Waals surface area contributed by atoms with Crippen LogP contribution >= 0.6 is 0 Å². The number of rotatable bonds is 4. The number of nitrogens with one attached hydrogen (secondary N) is 1. The van der Waals surface area contributed by atoms with Crippen LogP contribution in [0.1, 0.15) is 37.7 Å². The Bertz CT molecular complexity index is 700. The third-order valence-corrected chi connectivity index (χ3v) is 4.93. The lowest BCUT2D eigenvalue weighted by molar-refractivity contribution is -0.119. The topological polar surface area (TPSA) is 78.9 Å². The molecule has 1 aromatic carbocycles. The third kappa shape index (κ3) is 3.95. The van der Waals surface area contributed by atoms with Crippen LogP contribution in [0.15, 0.2) is 18.2 Å². The highest BCUT2D eigenvalue weighted by Crippen LogP contribution is 2.37. The average molecular weight is 368 g/mol. The number of carbonyl (C=O) groups is 2. The van der Waals surface area contributed by atoms with Gasteiger partial charge >= 0.3 is 6.09 Å². The largest absolute Gasteiger partial charge is 0.442 e. The van der Waals surface area contributed by atoms with E-state index in [0.29, 0.717) is 24.1 Å². The highest BCUT2D eigenvalue weighted by atomic mass is 19.1. The van der Waals surface area contributed by atoms with Gasteiger partial charge in [0.05, 0.1) is 24.9 Å². The number of alkyl halides is 1. The van der Waals surface area contributed by atoms with Crippen molar-refractivity contribution in [2.24, 2.45) is 0 Å². The maximum absolute atomic E-state index is 14.6. The fourth-order valence-corrected chi connectivity index (χ4v) is 3.49. The molecule has 3 rings (SSSR count). The molecule has 0 bridgehead atoms. The molecule has 1 aliphatic carbocycles. The molecule has 6 nitrogen and oxygen atoms in total. The van der Waals surface area contributed by atoms with Gasteiger partial charge in [-0.25, -0.2) is 13.6 Å². The zero-order valence-electron chi connectivity index (χ0n) is 14.5. The molecule has 26 heavy (non-hydrogen) atoms. The number of nitrogens with zero attached hydrogens (tertiary/aromatic N) is 1. The summed E-state index contributed by atoms with van der Waals surface area (Å²) in [5.41, 5.74) is 0.750. The first-order chi connectivity index (χ1) is 12.3. The van der Waals surface area contributed by atoms with Crippen LogP contribution in [-0.2, 0) is 9.53 Å². The highest BCUT2D eigenvalue weighted by Gasteiger charge is 2.34. The van der Waals surface area contributed by atoms with Crippen LogP contribution in [-0.4, -0.2) is 48.6 Å². The number of amides is 2. The van der Waals surface area contributed by atoms with E-state index in [1.165, 1.54) is 17.9 Å². The van der Waals surface area contributed by atoms with Gasteiger partial charge in [0.2, 0.25) is 5.91 Å². The molecular formula is C18H22F2N2O4. The van der Waals surface area contributed by atoms with Crippen LogP contribution in [0, 0.1) is 5.82 Å². The first-order valence-electron chi connectivity index (χ1n) is 8.69. The van der Waals surface area contributed by atoms with E-state index in [4.69, 9.17) is 4.74 Å². The summed E-state index contributed by atoms with van der Waals surface area (Å²) in [6, 6.07) is 4.42. The third-order valence-electron chi connectivity index (χ3n) is 4.93. The maximum Gasteiger partial charge on any atom is 0.414 e. The van der Waals surface area contributed by atoms with E-state index < -0.39 is 30.3 Å². The van der Waals surface area contributed by atoms with Crippen molar-refractivity contribution in [2.45, 2.75) is 50.5 Å². The number of ether oxygens (including phenoxy) is 1. The fraction of sp³-hybridized carbons (Fsp3) is 0.556. The highest BCUT2D eigenvalue weighted by molar-refractivity contribution is 5.89. The van der Waals surface area contributed by atoms with Gasteiger partial charge in [0.15, 0.2) is 0 Å². The van der Waals surface area contributed by atoms with Crippen LogP contribution in [0.25, 0.3) is 0 Å². The Kier molecular flexibility index (Phi) is 5.41. The zero-order chi connectivity index (χ0) is 18.8. The van der Waals surface area contributed by atoms with Crippen molar-refractivity contribution >= 4 is 17.7 Å². The minimum Gasteiger partial charge on any atom is -0.442 e. The van der Waals surface area contributed by atoms with E-state index in [1.54, 1.807) is 12.1 Å². The first-order valence-corrected chi connectivity index (χ1v) is 8.69. The molecule has 4 atom stereocenters. The van der Waals surface area contributed by atoms with E-state index in [1.807, 2.05) is 0 Å². The normalized spacial score (nSPS) is 28.8. The number of hydrogen-bond donors (Lipinski definition) is 2. The lowest BCUT2D eigenvalue weighted by Gasteiger charge is -2.29. The van der Waals surface area contributed by atoms with Crippen LogP contribution in [0.4, 0.5) is 19.3 Å². The number of anilines is 1. The van der Waals surface area contributed by atoms with Crippen LogP contribution in [0.2, 0.25) is 0 Å². The molecule has 2 fully saturated rings.